The molecular weight excluding hydrogens is 567 g/mol. The van der Waals surface area contributed by atoms with Crippen molar-refractivity contribution in [3.05, 3.63) is 93.0 Å². The summed E-state index contributed by atoms with van der Waals surface area (Å²) >= 11 is 6.06. The number of halogens is 2. The Balaban J connectivity index is 1.19. The van der Waals surface area contributed by atoms with Gasteiger partial charge in [-0.15, -0.1) is 0 Å². The maximum Gasteiger partial charge on any atom is 0.200 e. The Morgan fingerprint density at radius 2 is 1.72 bits per heavy atom. The van der Waals surface area contributed by atoms with Gasteiger partial charge < -0.3 is 14.5 Å². The zero-order chi connectivity index (χ0) is 30.1. The maximum absolute atomic E-state index is 13.7. The number of nitrogens with zero attached hydrogens (tertiary/aromatic N) is 1. The van der Waals surface area contributed by atoms with Gasteiger partial charge in [-0.05, 0) is 105 Å². The summed E-state index contributed by atoms with van der Waals surface area (Å²) in [5.74, 6) is 1.74. The molecular formula is C35H36ClFN2O4. The van der Waals surface area contributed by atoms with Crippen molar-refractivity contribution >= 4 is 28.3 Å². The van der Waals surface area contributed by atoms with Crippen LogP contribution in [0.1, 0.15) is 55.5 Å². The van der Waals surface area contributed by atoms with Gasteiger partial charge in [0.25, 0.3) is 0 Å². The fourth-order valence-corrected chi connectivity index (χ4v) is 7.27. The number of hydrogen-bond acceptors (Lipinski definition) is 5. The van der Waals surface area contributed by atoms with Gasteiger partial charge in [-0.1, -0.05) is 23.7 Å². The largest absolute Gasteiger partial charge is 0.493 e. The summed E-state index contributed by atoms with van der Waals surface area (Å²) in [6, 6.07) is 16.0. The van der Waals surface area contributed by atoms with Crippen molar-refractivity contribution < 1.29 is 18.7 Å². The molecule has 2 fully saturated rings. The predicted molar refractivity (Wildman–Crippen MR) is 168 cm³/mol. The predicted octanol–water partition coefficient (Wildman–Crippen LogP) is 7.66. The lowest BCUT2D eigenvalue weighted by atomic mass is 9.87. The number of ketones is 1. The van der Waals surface area contributed by atoms with Crippen molar-refractivity contribution in [3.63, 3.8) is 0 Å². The molecule has 3 aromatic carbocycles. The quantitative estimate of drug-likeness (QED) is 0.189. The average Bonchev–Trinajstić information content (AvgIpc) is 3.57. The van der Waals surface area contributed by atoms with Crippen LogP contribution in [0.3, 0.4) is 0 Å². The Morgan fingerprint density at radius 3 is 2.42 bits per heavy atom. The summed E-state index contributed by atoms with van der Waals surface area (Å²) in [5, 5.41) is 1.02. The van der Waals surface area contributed by atoms with Crippen LogP contribution in [0.15, 0.2) is 65.6 Å². The molecule has 3 atom stereocenters. The maximum atomic E-state index is 13.7. The zero-order valence-electron chi connectivity index (χ0n) is 24.5. The number of carbonyl (C=O) groups excluding carboxylic acids is 1. The molecule has 1 N–H and O–H groups in total. The lowest BCUT2D eigenvalue weighted by Crippen LogP contribution is -2.30. The van der Waals surface area contributed by atoms with Crippen molar-refractivity contribution in [1.29, 1.82) is 0 Å². The van der Waals surface area contributed by atoms with E-state index in [1.54, 1.807) is 30.3 Å². The van der Waals surface area contributed by atoms with Crippen molar-refractivity contribution in [3.8, 4) is 22.6 Å². The number of aromatic nitrogens is 1. The molecule has 2 aliphatic rings. The molecule has 0 amide bonds. The summed E-state index contributed by atoms with van der Waals surface area (Å²) in [7, 11) is 0. The van der Waals surface area contributed by atoms with Crippen molar-refractivity contribution in [2.45, 2.75) is 52.1 Å². The van der Waals surface area contributed by atoms with Crippen LogP contribution in [0, 0.1) is 17.7 Å². The van der Waals surface area contributed by atoms with E-state index in [0.717, 1.165) is 60.5 Å². The standard InChI is InChI=1S/C35H36ClFN2O4/c1-3-42-32-15-21(16-33(43-4-2)34(32)22-5-9-25(37)10-6-22)20-39-14-13-26-23(7-12-30(26)39)17-31(40)28-19-38-29-18-24(36)8-11-27(29)35(28)41/h5-6,8-11,15-16,18-19,23,26,30H,3-4,7,12-14,17,20H2,1-2H3,(H,38,41)/t23?,26-,30+/m0/s1. The second-order valence-corrected chi connectivity index (χ2v) is 12.0. The second-order valence-electron chi connectivity index (χ2n) is 11.5. The third-order valence-corrected chi connectivity index (χ3v) is 9.22. The SMILES string of the molecule is CCOc1cc(CN2CC[C@H]3C(CC(=O)c4c[nH]c5cc(Cl)ccc5c4=O)CC[C@H]32)cc(OCC)c1-c1ccc(F)cc1. The monoisotopic (exact) mass is 602 g/mol. The van der Waals surface area contributed by atoms with Gasteiger partial charge in [0.05, 0.1) is 29.9 Å². The van der Waals surface area contributed by atoms with E-state index in [1.165, 1.54) is 18.3 Å². The first-order chi connectivity index (χ1) is 20.9. The number of rotatable bonds is 10. The normalized spacial score (nSPS) is 20.0. The molecule has 2 heterocycles. The van der Waals surface area contributed by atoms with Crippen molar-refractivity contribution in [1.82, 2.24) is 9.88 Å². The number of hydrogen-bond donors (Lipinski definition) is 1. The fraction of sp³-hybridized carbons (Fsp3) is 0.371. The summed E-state index contributed by atoms with van der Waals surface area (Å²) in [6.07, 6.45) is 4.94. The molecule has 1 saturated carbocycles. The van der Waals surface area contributed by atoms with E-state index in [0.29, 0.717) is 47.5 Å². The summed E-state index contributed by atoms with van der Waals surface area (Å²) in [5.41, 5.74) is 3.39. The van der Waals surface area contributed by atoms with E-state index in [9.17, 15) is 14.0 Å². The van der Waals surface area contributed by atoms with Crippen LogP contribution in [0.5, 0.6) is 11.5 Å². The minimum absolute atomic E-state index is 0.0960. The topological polar surface area (TPSA) is 71.6 Å². The van der Waals surface area contributed by atoms with Crippen LogP contribution >= 0.6 is 11.6 Å². The van der Waals surface area contributed by atoms with E-state index in [2.05, 4.69) is 22.0 Å². The molecule has 6 rings (SSSR count). The molecule has 0 radical (unpaired) electrons. The Kier molecular flexibility index (Phi) is 8.55. The summed E-state index contributed by atoms with van der Waals surface area (Å²) in [6.45, 7) is 6.60. The number of benzene rings is 3. The number of Topliss-reactive ketones (excluding diaryl/α,β-unsaturated/α-hetero) is 1. The fourth-order valence-electron chi connectivity index (χ4n) is 7.10. The number of fused-ring (bicyclic) bond motifs is 2. The molecule has 1 aromatic heterocycles. The van der Waals surface area contributed by atoms with E-state index < -0.39 is 0 Å². The number of carbonyl (C=O) groups is 1. The van der Waals surface area contributed by atoms with Gasteiger partial charge in [-0.2, -0.15) is 0 Å². The molecule has 1 unspecified atom stereocenters. The van der Waals surface area contributed by atoms with Crippen LogP contribution in [-0.4, -0.2) is 41.5 Å². The molecule has 0 spiro atoms. The van der Waals surface area contributed by atoms with Crippen molar-refractivity contribution in [2.75, 3.05) is 19.8 Å². The average molecular weight is 603 g/mol. The third-order valence-electron chi connectivity index (χ3n) is 8.99. The highest BCUT2D eigenvalue weighted by atomic mass is 35.5. The van der Waals surface area contributed by atoms with E-state index in [1.807, 2.05) is 13.8 Å². The highest BCUT2D eigenvalue weighted by Gasteiger charge is 2.44. The second kappa shape index (κ2) is 12.5. The Morgan fingerprint density at radius 1 is 1.00 bits per heavy atom. The lowest BCUT2D eigenvalue weighted by Gasteiger charge is -2.25. The van der Waals surface area contributed by atoms with Crippen LogP contribution in [-0.2, 0) is 6.54 Å². The van der Waals surface area contributed by atoms with Gasteiger partial charge in [-0.25, -0.2) is 4.39 Å². The molecule has 6 nitrogen and oxygen atoms in total. The molecule has 1 saturated heterocycles. The number of ether oxygens (including phenoxy) is 2. The van der Waals surface area contributed by atoms with Gasteiger partial charge >= 0.3 is 0 Å². The lowest BCUT2D eigenvalue weighted by molar-refractivity contribution is 0.0948. The Hall–Kier alpha value is -3.68. The minimum atomic E-state index is -0.286. The van der Waals surface area contributed by atoms with E-state index in [-0.39, 0.29) is 28.5 Å². The number of H-pyrrole nitrogens is 1. The van der Waals surface area contributed by atoms with Gasteiger partial charge in [0.2, 0.25) is 0 Å². The van der Waals surface area contributed by atoms with E-state index in [4.69, 9.17) is 21.1 Å². The zero-order valence-corrected chi connectivity index (χ0v) is 25.3. The first-order valence-electron chi connectivity index (χ1n) is 15.1. The molecule has 0 bridgehead atoms. The molecule has 1 aliphatic carbocycles. The highest BCUT2D eigenvalue weighted by molar-refractivity contribution is 6.31. The van der Waals surface area contributed by atoms with E-state index >= 15 is 0 Å². The van der Waals surface area contributed by atoms with Gasteiger partial charge in [0.15, 0.2) is 11.2 Å². The Labute approximate surface area is 255 Å². The van der Waals surface area contributed by atoms with Crippen LogP contribution in [0.2, 0.25) is 5.02 Å². The first-order valence-corrected chi connectivity index (χ1v) is 15.5. The number of nitrogens with one attached hydrogen (secondary N) is 1. The van der Waals surface area contributed by atoms with Crippen molar-refractivity contribution in [2.24, 2.45) is 11.8 Å². The summed E-state index contributed by atoms with van der Waals surface area (Å²) in [4.78, 5) is 32.0. The molecule has 4 aromatic rings. The molecule has 1 aliphatic heterocycles. The van der Waals surface area contributed by atoms with Gasteiger partial charge in [0.1, 0.15) is 17.3 Å². The summed E-state index contributed by atoms with van der Waals surface area (Å²) < 4.78 is 25.8. The minimum Gasteiger partial charge on any atom is -0.493 e. The number of pyridine rings is 1. The third kappa shape index (κ3) is 5.93. The first kappa shape index (κ1) is 29.4. The number of likely N-dealkylation sites (tertiary alicyclic amines) is 1. The van der Waals surface area contributed by atoms with Gasteiger partial charge in [0, 0.05) is 35.6 Å². The molecule has 8 heteroatoms. The highest BCUT2D eigenvalue weighted by Crippen LogP contribution is 2.46. The number of aromatic amines is 1. The van der Waals surface area contributed by atoms with Crippen LogP contribution in [0.4, 0.5) is 4.39 Å². The molecule has 43 heavy (non-hydrogen) atoms. The van der Waals surface area contributed by atoms with Crippen LogP contribution < -0.4 is 14.9 Å². The smallest absolute Gasteiger partial charge is 0.200 e. The molecule has 224 valence electrons. The Bertz CT molecular complexity index is 1680. The van der Waals surface area contributed by atoms with Gasteiger partial charge in [-0.3, -0.25) is 14.5 Å². The van der Waals surface area contributed by atoms with Crippen LogP contribution in [0.25, 0.3) is 22.0 Å².